The molecule has 1 amide bonds. The molecule has 3 aliphatic rings. The Hall–Kier alpha value is -1.54. The Bertz CT molecular complexity index is 603. The van der Waals surface area contributed by atoms with E-state index in [1.165, 1.54) is 12.8 Å². The Morgan fingerprint density at radius 3 is 2.65 bits per heavy atom. The molecule has 0 spiro atoms. The van der Waals surface area contributed by atoms with Crippen molar-refractivity contribution in [3.63, 3.8) is 0 Å². The SMILES string of the molecule is CN(C)[C@@H]1C[C@@H]2CN(C(=O)CCn3cnnn3)C[C@@H]2C[C@H]1OCC1CC1. The number of aromatic nitrogens is 4. The zero-order valence-electron chi connectivity index (χ0n) is 15.8. The molecular formula is C18H30N6O2. The number of tetrazole rings is 1. The third-order valence-electron chi connectivity index (χ3n) is 6.29. The molecule has 8 heteroatoms. The van der Waals surface area contributed by atoms with Gasteiger partial charge in [-0.25, -0.2) is 4.68 Å². The van der Waals surface area contributed by atoms with Crippen LogP contribution in [0.15, 0.2) is 6.33 Å². The molecule has 26 heavy (non-hydrogen) atoms. The summed E-state index contributed by atoms with van der Waals surface area (Å²) in [6, 6.07) is 0.464. The number of nitrogens with zero attached hydrogens (tertiary/aromatic N) is 6. The second kappa shape index (κ2) is 7.60. The third kappa shape index (κ3) is 4.06. The number of hydrogen-bond acceptors (Lipinski definition) is 6. The molecule has 3 fully saturated rings. The van der Waals surface area contributed by atoms with E-state index in [2.05, 4.69) is 39.4 Å². The van der Waals surface area contributed by atoms with Gasteiger partial charge in [0.15, 0.2) is 0 Å². The maximum absolute atomic E-state index is 12.6. The van der Waals surface area contributed by atoms with E-state index in [0.29, 0.717) is 36.9 Å². The maximum atomic E-state index is 12.6. The van der Waals surface area contributed by atoms with E-state index < -0.39 is 0 Å². The molecule has 0 radical (unpaired) electrons. The van der Waals surface area contributed by atoms with Crippen LogP contribution in [0.4, 0.5) is 0 Å². The zero-order chi connectivity index (χ0) is 18.1. The zero-order valence-corrected chi connectivity index (χ0v) is 15.8. The van der Waals surface area contributed by atoms with E-state index in [0.717, 1.165) is 38.5 Å². The highest BCUT2D eigenvalue weighted by Crippen LogP contribution is 2.40. The summed E-state index contributed by atoms with van der Waals surface area (Å²) in [5.74, 6) is 2.18. The van der Waals surface area contributed by atoms with Gasteiger partial charge < -0.3 is 14.5 Å². The molecule has 2 saturated carbocycles. The first kappa shape index (κ1) is 17.9. The molecule has 0 unspecified atom stereocenters. The average molecular weight is 362 g/mol. The molecule has 8 nitrogen and oxygen atoms in total. The lowest BCUT2D eigenvalue weighted by Gasteiger charge is -2.41. The van der Waals surface area contributed by atoms with Crippen LogP contribution >= 0.6 is 0 Å². The number of likely N-dealkylation sites (N-methyl/N-ethyl adjacent to an activating group) is 1. The van der Waals surface area contributed by atoms with Crippen molar-refractivity contribution in [3.05, 3.63) is 6.33 Å². The van der Waals surface area contributed by atoms with E-state index in [1.54, 1.807) is 11.0 Å². The second-order valence-corrected chi connectivity index (χ2v) is 8.46. The van der Waals surface area contributed by atoms with Gasteiger partial charge in [-0.1, -0.05) is 0 Å². The van der Waals surface area contributed by atoms with Crippen LogP contribution in [-0.4, -0.2) is 81.9 Å². The van der Waals surface area contributed by atoms with Crippen LogP contribution in [0.5, 0.6) is 0 Å². The van der Waals surface area contributed by atoms with Crippen molar-refractivity contribution in [1.82, 2.24) is 30.0 Å². The fraction of sp³-hybridized carbons (Fsp3) is 0.889. The minimum Gasteiger partial charge on any atom is -0.376 e. The highest BCUT2D eigenvalue weighted by Gasteiger charge is 2.44. The Kier molecular flexibility index (Phi) is 5.22. The van der Waals surface area contributed by atoms with Crippen LogP contribution < -0.4 is 0 Å². The summed E-state index contributed by atoms with van der Waals surface area (Å²) in [6.07, 6.45) is 7.19. The molecule has 2 heterocycles. The summed E-state index contributed by atoms with van der Waals surface area (Å²) >= 11 is 0. The van der Waals surface area contributed by atoms with Gasteiger partial charge in [-0.3, -0.25) is 4.79 Å². The Labute approximate surface area is 154 Å². The van der Waals surface area contributed by atoms with E-state index in [-0.39, 0.29) is 5.91 Å². The molecule has 4 rings (SSSR count). The van der Waals surface area contributed by atoms with Crippen molar-refractivity contribution in [3.8, 4) is 0 Å². The number of rotatable bonds is 7. The van der Waals surface area contributed by atoms with Crippen molar-refractivity contribution in [2.75, 3.05) is 33.8 Å². The van der Waals surface area contributed by atoms with Gasteiger partial charge in [0.25, 0.3) is 0 Å². The summed E-state index contributed by atoms with van der Waals surface area (Å²) in [6.45, 7) is 3.23. The highest BCUT2D eigenvalue weighted by molar-refractivity contribution is 5.76. The number of aryl methyl sites for hydroxylation is 1. The number of likely N-dealkylation sites (tertiary alicyclic amines) is 1. The standard InChI is InChI=1S/C18H30N6O2/c1-22(2)16-7-14-9-23(18(25)5-6-24-12-19-20-21-24)10-15(14)8-17(16)26-11-13-3-4-13/h12-17H,3-11H2,1-2H3/t14-,15+,16-,17-/m1/s1. The number of amides is 1. The first-order chi connectivity index (χ1) is 12.6. The predicted octanol–water partition coefficient (Wildman–Crippen LogP) is 0.657. The molecule has 1 aromatic heterocycles. The molecule has 0 aromatic carbocycles. The molecule has 4 atom stereocenters. The maximum Gasteiger partial charge on any atom is 0.224 e. The van der Waals surface area contributed by atoms with Crippen LogP contribution in [0, 0.1) is 17.8 Å². The smallest absolute Gasteiger partial charge is 0.224 e. The summed E-state index contributed by atoms with van der Waals surface area (Å²) in [7, 11) is 4.31. The van der Waals surface area contributed by atoms with Crippen LogP contribution in [-0.2, 0) is 16.1 Å². The molecule has 0 N–H and O–H groups in total. The topological polar surface area (TPSA) is 76.4 Å². The van der Waals surface area contributed by atoms with Crippen molar-refractivity contribution >= 4 is 5.91 Å². The van der Waals surface area contributed by atoms with E-state index in [1.807, 2.05) is 0 Å². The van der Waals surface area contributed by atoms with E-state index in [4.69, 9.17) is 4.74 Å². The van der Waals surface area contributed by atoms with Crippen molar-refractivity contribution < 1.29 is 9.53 Å². The average Bonchev–Trinajstić information content (AvgIpc) is 3.14. The minimum atomic E-state index is 0.215. The van der Waals surface area contributed by atoms with Gasteiger partial charge in [-0.05, 0) is 68.0 Å². The number of carbonyl (C=O) groups excluding carboxylic acids is 1. The van der Waals surface area contributed by atoms with E-state index in [9.17, 15) is 4.79 Å². The molecule has 2 aliphatic carbocycles. The lowest BCUT2D eigenvalue weighted by molar-refractivity contribution is -0.130. The van der Waals surface area contributed by atoms with Crippen LogP contribution in [0.3, 0.4) is 0 Å². The quantitative estimate of drug-likeness (QED) is 0.709. The van der Waals surface area contributed by atoms with Gasteiger partial charge in [0.2, 0.25) is 5.91 Å². The van der Waals surface area contributed by atoms with Gasteiger partial charge in [-0.2, -0.15) is 0 Å². The number of carbonyl (C=O) groups is 1. The lowest BCUT2D eigenvalue weighted by atomic mass is 9.77. The normalized spacial score (nSPS) is 31.4. The molecule has 1 aromatic rings. The number of fused-ring (bicyclic) bond motifs is 1. The molecule has 0 bridgehead atoms. The Morgan fingerprint density at radius 1 is 1.23 bits per heavy atom. The summed E-state index contributed by atoms with van der Waals surface area (Å²) in [5, 5.41) is 11.1. The monoisotopic (exact) mass is 362 g/mol. The largest absolute Gasteiger partial charge is 0.376 e. The minimum absolute atomic E-state index is 0.215. The van der Waals surface area contributed by atoms with Gasteiger partial charge in [0, 0.05) is 32.2 Å². The predicted molar refractivity (Wildman–Crippen MR) is 95.2 cm³/mol. The fourth-order valence-corrected chi connectivity index (χ4v) is 4.51. The summed E-state index contributed by atoms with van der Waals surface area (Å²) < 4.78 is 7.93. The number of ether oxygens (including phenoxy) is 1. The first-order valence-corrected chi connectivity index (χ1v) is 9.86. The summed E-state index contributed by atoms with van der Waals surface area (Å²) in [4.78, 5) is 17.0. The van der Waals surface area contributed by atoms with Gasteiger partial charge in [0.05, 0.1) is 12.6 Å². The van der Waals surface area contributed by atoms with Crippen molar-refractivity contribution in [2.45, 2.75) is 50.8 Å². The Morgan fingerprint density at radius 2 is 2.00 bits per heavy atom. The van der Waals surface area contributed by atoms with E-state index >= 15 is 0 Å². The van der Waals surface area contributed by atoms with Gasteiger partial charge in [-0.15, -0.1) is 5.10 Å². The van der Waals surface area contributed by atoms with Crippen molar-refractivity contribution in [1.29, 1.82) is 0 Å². The van der Waals surface area contributed by atoms with Crippen LogP contribution in [0.25, 0.3) is 0 Å². The third-order valence-corrected chi connectivity index (χ3v) is 6.29. The van der Waals surface area contributed by atoms with Crippen LogP contribution in [0.1, 0.15) is 32.1 Å². The molecule has 144 valence electrons. The highest BCUT2D eigenvalue weighted by atomic mass is 16.5. The van der Waals surface area contributed by atoms with Crippen molar-refractivity contribution in [2.24, 2.45) is 17.8 Å². The molecular weight excluding hydrogens is 332 g/mol. The molecule has 1 saturated heterocycles. The Balaban J connectivity index is 1.32. The summed E-state index contributed by atoms with van der Waals surface area (Å²) in [5.41, 5.74) is 0. The lowest BCUT2D eigenvalue weighted by Crippen LogP contribution is -2.48. The van der Waals surface area contributed by atoms with Gasteiger partial charge >= 0.3 is 0 Å². The number of hydrogen-bond donors (Lipinski definition) is 0. The molecule has 1 aliphatic heterocycles. The van der Waals surface area contributed by atoms with Crippen LogP contribution in [0.2, 0.25) is 0 Å². The second-order valence-electron chi connectivity index (χ2n) is 8.46. The fourth-order valence-electron chi connectivity index (χ4n) is 4.51. The first-order valence-electron chi connectivity index (χ1n) is 9.86. The van der Waals surface area contributed by atoms with Gasteiger partial charge in [0.1, 0.15) is 6.33 Å².